The fourth-order valence-electron chi connectivity index (χ4n) is 4.72. The van der Waals surface area contributed by atoms with Crippen molar-refractivity contribution in [2.75, 3.05) is 32.6 Å². The van der Waals surface area contributed by atoms with Gasteiger partial charge in [0, 0.05) is 36.1 Å². The van der Waals surface area contributed by atoms with E-state index in [1.807, 2.05) is 18.2 Å². The first-order valence-corrected chi connectivity index (χ1v) is 12.0. The quantitative estimate of drug-likeness (QED) is 0.611. The van der Waals surface area contributed by atoms with E-state index in [1.54, 1.807) is 26.0 Å². The Kier molecular flexibility index (Phi) is 7.41. The highest BCUT2D eigenvalue weighted by Gasteiger charge is 2.29. The van der Waals surface area contributed by atoms with Crippen LogP contribution in [0.25, 0.3) is 0 Å². The molecule has 1 saturated carbocycles. The van der Waals surface area contributed by atoms with E-state index in [-0.39, 0.29) is 5.25 Å². The van der Waals surface area contributed by atoms with Crippen LogP contribution < -0.4 is 20.1 Å². The van der Waals surface area contributed by atoms with E-state index in [9.17, 15) is 4.79 Å². The van der Waals surface area contributed by atoms with Gasteiger partial charge in [-0.3, -0.25) is 4.79 Å². The lowest BCUT2D eigenvalue weighted by Crippen LogP contribution is -2.34. The van der Waals surface area contributed by atoms with Gasteiger partial charge in [0.15, 0.2) is 11.5 Å². The first-order valence-electron chi connectivity index (χ1n) is 11.2. The van der Waals surface area contributed by atoms with Crippen LogP contribution >= 0.6 is 11.8 Å². The summed E-state index contributed by atoms with van der Waals surface area (Å²) in [4.78, 5) is 14.1. The van der Waals surface area contributed by atoms with Crippen LogP contribution in [-0.4, -0.2) is 44.4 Å². The number of carbonyl (C=O) groups is 1. The van der Waals surface area contributed by atoms with Crippen molar-refractivity contribution < 1.29 is 14.3 Å². The maximum atomic E-state index is 12.9. The molecule has 0 aromatic heterocycles. The van der Waals surface area contributed by atoms with Crippen LogP contribution in [0.5, 0.6) is 11.5 Å². The van der Waals surface area contributed by atoms with Crippen molar-refractivity contribution in [3.63, 3.8) is 0 Å². The Balaban J connectivity index is 1.32. The number of carbonyl (C=O) groups excluding carboxylic acids is 1. The molecule has 1 heterocycles. The van der Waals surface area contributed by atoms with Crippen molar-refractivity contribution >= 4 is 23.2 Å². The summed E-state index contributed by atoms with van der Waals surface area (Å²) in [5.41, 5.74) is 2.42. The third-order valence-corrected chi connectivity index (χ3v) is 7.76. The van der Waals surface area contributed by atoms with Gasteiger partial charge in [-0.15, -0.1) is 11.8 Å². The molecule has 5 nitrogen and oxygen atoms in total. The van der Waals surface area contributed by atoms with Gasteiger partial charge in [0.25, 0.3) is 0 Å². The number of rotatable bonds is 8. The van der Waals surface area contributed by atoms with Gasteiger partial charge in [-0.1, -0.05) is 24.6 Å². The summed E-state index contributed by atoms with van der Waals surface area (Å²) in [5.74, 6) is 2.33. The molecule has 6 heteroatoms. The number of Topliss-reactive ketones (excluding diaryl/α,β-unsaturated/α-hetero) is 1. The van der Waals surface area contributed by atoms with Crippen molar-refractivity contribution in [1.29, 1.82) is 0 Å². The minimum absolute atomic E-state index is 0.0307. The molecule has 3 atom stereocenters. The summed E-state index contributed by atoms with van der Waals surface area (Å²) < 4.78 is 10.9. The van der Waals surface area contributed by atoms with E-state index in [0.717, 1.165) is 49.5 Å². The molecule has 0 saturated heterocycles. The molecule has 0 amide bonds. The number of fused-ring (bicyclic) bond motifs is 1. The van der Waals surface area contributed by atoms with Crippen LogP contribution in [0.4, 0.5) is 5.69 Å². The average Bonchev–Trinajstić information content (AvgIpc) is 3.16. The van der Waals surface area contributed by atoms with Gasteiger partial charge in [0.1, 0.15) is 5.78 Å². The van der Waals surface area contributed by atoms with E-state index >= 15 is 0 Å². The number of nitrogens with one attached hydrogen (secondary N) is 2. The van der Waals surface area contributed by atoms with Crippen LogP contribution in [-0.2, 0) is 4.79 Å². The highest BCUT2D eigenvalue weighted by molar-refractivity contribution is 8.00. The number of para-hydroxylation sites is 1. The first-order chi connectivity index (χ1) is 15.2. The standard InChI is InChI=1S/C25H32N2O3S/c1-29-22-11-10-17(16-23(22)30-2)18-6-5-8-19(18)26-14-12-21(28)25-13-15-27-20-7-3-4-9-24(20)31-25/h3-4,7,9-11,16,18-19,25-27H,5-6,8,12-15H2,1-2H3. The molecular formula is C25H32N2O3S. The fourth-order valence-corrected chi connectivity index (χ4v) is 5.94. The number of hydrogen-bond donors (Lipinski definition) is 2. The van der Waals surface area contributed by atoms with E-state index in [0.29, 0.717) is 24.2 Å². The average molecular weight is 441 g/mol. The molecule has 4 rings (SSSR count). The highest BCUT2D eigenvalue weighted by Crippen LogP contribution is 2.39. The van der Waals surface area contributed by atoms with Crippen molar-refractivity contribution in [2.24, 2.45) is 0 Å². The van der Waals surface area contributed by atoms with Crippen LogP contribution in [0.3, 0.4) is 0 Å². The lowest BCUT2D eigenvalue weighted by atomic mass is 9.93. The third kappa shape index (κ3) is 5.18. The highest BCUT2D eigenvalue weighted by atomic mass is 32.2. The minimum Gasteiger partial charge on any atom is -0.493 e. The monoisotopic (exact) mass is 440 g/mol. The zero-order chi connectivity index (χ0) is 21.6. The smallest absolute Gasteiger partial charge is 0.160 e. The topological polar surface area (TPSA) is 59.6 Å². The van der Waals surface area contributed by atoms with Gasteiger partial charge >= 0.3 is 0 Å². The summed E-state index contributed by atoms with van der Waals surface area (Å²) in [6.07, 6.45) is 4.95. The summed E-state index contributed by atoms with van der Waals surface area (Å²) in [7, 11) is 3.34. The van der Waals surface area contributed by atoms with E-state index < -0.39 is 0 Å². The predicted octanol–water partition coefficient (Wildman–Crippen LogP) is 4.87. The summed E-state index contributed by atoms with van der Waals surface area (Å²) >= 11 is 1.71. The Morgan fingerprint density at radius 3 is 2.77 bits per heavy atom. The van der Waals surface area contributed by atoms with E-state index in [1.165, 1.54) is 16.9 Å². The van der Waals surface area contributed by atoms with E-state index in [2.05, 4.69) is 34.9 Å². The molecule has 0 spiro atoms. The van der Waals surface area contributed by atoms with Crippen LogP contribution in [0, 0.1) is 0 Å². The number of thioether (sulfide) groups is 1. The zero-order valence-electron chi connectivity index (χ0n) is 18.4. The lowest BCUT2D eigenvalue weighted by molar-refractivity contribution is -0.118. The van der Waals surface area contributed by atoms with Gasteiger partial charge in [0.05, 0.1) is 19.5 Å². The number of hydrogen-bond acceptors (Lipinski definition) is 6. The Hall–Kier alpha value is -2.18. The Morgan fingerprint density at radius 2 is 1.94 bits per heavy atom. The molecule has 2 aliphatic rings. The number of methoxy groups -OCH3 is 2. The number of ketones is 1. The van der Waals surface area contributed by atoms with Crippen LogP contribution in [0.1, 0.15) is 43.6 Å². The van der Waals surface area contributed by atoms with Gasteiger partial charge < -0.3 is 20.1 Å². The van der Waals surface area contributed by atoms with Crippen LogP contribution in [0.2, 0.25) is 0 Å². The molecule has 3 unspecified atom stereocenters. The maximum absolute atomic E-state index is 12.9. The summed E-state index contributed by atoms with van der Waals surface area (Å²) in [5, 5.41) is 7.16. The van der Waals surface area contributed by atoms with Gasteiger partial charge in [-0.25, -0.2) is 0 Å². The van der Waals surface area contributed by atoms with Gasteiger partial charge in [-0.05, 0) is 55.0 Å². The van der Waals surface area contributed by atoms with E-state index in [4.69, 9.17) is 9.47 Å². The Morgan fingerprint density at radius 1 is 1.10 bits per heavy atom. The second kappa shape index (κ2) is 10.4. The SMILES string of the molecule is COc1ccc(C2CCCC2NCCC(=O)C2CCNc3ccccc3S2)cc1OC. The minimum atomic E-state index is 0.0307. The molecule has 31 heavy (non-hydrogen) atoms. The second-order valence-electron chi connectivity index (χ2n) is 8.25. The van der Waals surface area contributed by atoms with Gasteiger partial charge in [0.2, 0.25) is 0 Å². The van der Waals surface area contributed by atoms with Crippen molar-refractivity contribution in [3.8, 4) is 11.5 Å². The molecule has 166 valence electrons. The summed E-state index contributed by atoms with van der Waals surface area (Å²) in [6, 6.07) is 14.9. The lowest BCUT2D eigenvalue weighted by Gasteiger charge is -2.23. The Bertz CT molecular complexity index is 904. The van der Waals surface area contributed by atoms with Crippen molar-refractivity contribution in [2.45, 2.75) is 54.2 Å². The third-order valence-electron chi connectivity index (χ3n) is 6.37. The number of anilines is 1. The first kappa shape index (κ1) is 22.0. The molecule has 1 aliphatic carbocycles. The maximum Gasteiger partial charge on any atom is 0.160 e. The molecule has 1 fully saturated rings. The zero-order valence-corrected chi connectivity index (χ0v) is 19.2. The largest absolute Gasteiger partial charge is 0.493 e. The predicted molar refractivity (Wildman–Crippen MR) is 127 cm³/mol. The summed E-state index contributed by atoms with van der Waals surface area (Å²) in [6.45, 7) is 1.58. The second-order valence-corrected chi connectivity index (χ2v) is 9.49. The molecule has 0 radical (unpaired) electrons. The van der Waals surface area contributed by atoms with Crippen LogP contribution in [0.15, 0.2) is 47.4 Å². The van der Waals surface area contributed by atoms with Crippen molar-refractivity contribution in [1.82, 2.24) is 5.32 Å². The molecule has 0 bridgehead atoms. The molecule has 2 N–H and O–H groups in total. The number of benzene rings is 2. The molecule has 2 aromatic rings. The normalized spacial score (nSPS) is 22.8. The fraction of sp³-hybridized carbons (Fsp3) is 0.480. The van der Waals surface area contributed by atoms with Crippen molar-refractivity contribution in [3.05, 3.63) is 48.0 Å². The van der Waals surface area contributed by atoms with Gasteiger partial charge in [-0.2, -0.15) is 0 Å². The Labute approximate surface area is 189 Å². The molecular weight excluding hydrogens is 408 g/mol. The molecule has 1 aliphatic heterocycles. The number of ether oxygens (including phenoxy) is 2. The molecule has 2 aromatic carbocycles.